The Morgan fingerprint density at radius 3 is 2.57 bits per heavy atom. The molecular weight excluding hydrogens is 304 g/mol. The summed E-state index contributed by atoms with van der Waals surface area (Å²) in [5.74, 6) is -0.594. The number of aliphatic hydroxyl groups excluding tert-OH is 3. The normalized spacial score (nSPS) is 13.2. The predicted octanol–water partition coefficient (Wildman–Crippen LogP) is -0.156. The van der Waals surface area contributed by atoms with Gasteiger partial charge in [-0.3, -0.25) is 9.59 Å². The van der Waals surface area contributed by atoms with E-state index in [0.717, 1.165) is 5.56 Å². The second kappa shape index (κ2) is 9.94. The first-order chi connectivity index (χ1) is 11.0. The Bertz CT molecular complexity index is 515. The van der Waals surface area contributed by atoms with Crippen LogP contribution in [0.5, 0.6) is 5.75 Å². The first-order valence-corrected chi connectivity index (χ1v) is 7.26. The van der Waals surface area contributed by atoms with Crippen molar-refractivity contribution in [3.05, 3.63) is 29.8 Å². The molecule has 0 unspecified atom stereocenters. The van der Waals surface area contributed by atoms with Crippen LogP contribution in [0.25, 0.3) is 0 Å². The SMILES string of the molecule is COC(=O)CCc1ccccc1OCC[C@H](O)[C@@H](O)C(=O)CO. The Kier molecular flexibility index (Phi) is 8.25. The van der Waals surface area contributed by atoms with Crippen molar-refractivity contribution in [2.75, 3.05) is 20.3 Å². The molecule has 7 heteroatoms. The van der Waals surface area contributed by atoms with Gasteiger partial charge in [0.25, 0.3) is 0 Å². The van der Waals surface area contributed by atoms with E-state index in [4.69, 9.17) is 9.84 Å². The van der Waals surface area contributed by atoms with Gasteiger partial charge in [-0.2, -0.15) is 0 Å². The van der Waals surface area contributed by atoms with Crippen molar-refractivity contribution < 1.29 is 34.4 Å². The molecule has 2 atom stereocenters. The Hall–Kier alpha value is -1.96. The van der Waals surface area contributed by atoms with Crippen molar-refractivity contribution in [1.82, 2.24) is 0 Å². The molecule has 0 bridgehead atoms. The molecule has 0 heterocycles. The zero-order chi connectivity index (χ0) is 17.2. The Morgan fingerprint density at radius 2 is 1.91 bits per heavy atom. The minimum absolute atomic E-state index is 0.0260. The van der Waals surface area contributed by atoms with Crippen molar-refractivity contribution in [3.63, 3.8) is 0 Å². The van der Waals surface area contributed by atoms with Gasteiger partial charge in [0, 0.05) is 12.8 Å². The third-order valence-corrected chi connectivity index (χ3v) is 3.32. The van der Waals surface area contributed by atoms with Crippen LogP contribution >= 0.6 is 0 Å². The number of methoxy groups -OCH3 is 1. The van der Waals surface area contributed by atoms with Crippen LogP contribution in [-0.2, 0) is 20.7 Å². The summed E-state index contributed by atoms with van der Waals surface area (Å²) in [6.45, 7) is -0.748. The first kappa shape index (κ1) is 19.1. The highest BCUT2D eigenvalue weighted by Gasteiger charge is 2.23. The van der Waals surface area contributed by atoms with Crippen LogP contribution in [-0.4, -0.2) is 59.6 Å². The molecule has 0 fully saturated rings. The summed E-state index contributed by atoms with van der Waals surface area (Å²) in [6, 6.07) is 7.14. The van der Waals surface area contributed by atoms with E-state index >= 15 is 0 Å². The molecule has 3 N–H and O–H groups in total. The summed E-state index contributed by atoms with van der Waals surface area (Å²) in [4.78, 5) is 22.3. The van der Waals surface area contributed by atoms with Crippen LogP contribution in [0.1, 0.15) is 18.4 Å². The molecule has 128 valence electrons. The molecule has 1 aromatic carbocycles. The molecule has 0 amide bonds. The van der Waals surface area contributed by atoms with E-state index in [-0.39, 0.29) is 25.4 Å². The largest absolute Gasteiger partial charge is 0.493 e. The number of ketones is 1. The summed E-state index contributed by atoms with van der Waals surface area (Å²) in [6.07, 6.45) is -2.23. The summed E-state index contributed by atoms with van der Waals surface area (Å²) >= 11 is 0. The fourth-order valence-electron chi connectivity index (χ4n) is 1.95. The number of ether oxygens (including phenoxy) is 2. The Morgan fingerprint density at radius 1 is 1.22 bits per heavy atom. The lowest BCUT2D eigenvalue weighted by Crippen LogP contribution is -2.36. The van der Waals surface area contributed by atoms with Crippen molar-refractivity contribution in [2.45, 2.75) is 31.5 Å². The molecule has 23 heavy (non-hydrogen) atoms. The number of hydrogen-bond donors (Lipinski definition) is 3. The number of para-hydroxylation sites is 1. The Labute approximate surface area is 134 Å². The van der Waals surface area contributed by atoms with Gasteiger partial charge in [-0.1, -0.05) is 18.2 Å². The van der Waals surface area contributed by atoms with Crippen molar-refractivity contribution in [1.29, 1.82) is 0 Å². The molecule has 0 aromatic heterocycles. The lowest BCUT2D eigenvalue weighted by Gasteiger charge is -2.17. The zero-order valence-electron chi connectivity index (χ0n) is 13.0. The van der Waals surface area contributed by atoms with Gasteiger partial charge in [0.2, 0.25) is 0 Å². The maximum Gasteiger partial charge on any atom is 0.305 e. The van der Waals surface area contributed by atoms with Crippen LogP contribution in [0.3, 0.4) is 0 Å². The number of hydrogen-bond acceptors (Lipinski definition) is 7. The highest BCUT2D eigenvalue weighted by Crippen LogP contribution is 2.20. The van der Waals surface area contributed by atoms with E-state index in [1.807, 2.05) is 12.1 Å². The number of carbonyl (C=O) groups is 2. The molecule has 0 spiro atoms. The van der Waals surface area contributed by atoms with Crippen molar-refractivity contribution >= 4 is 11.8 Å². The summed E-state index contributed by atoms with van der Waals surface area (Å²) in [5, 5.41) is 27.7. The second-order valence-corrected chi connectivity index (χ2v) is 4.96. The fourth-order valence-corrected chi connectivity index (χ4v) is 1.95. The quantitative estimate of drug-likeness (QED) is 0.512. The smallest absolute Gasteiger partial charge is 0.305 e. The highest BCUT2D eigenvalue weighted by molar-refractivity contribution is 5.84. The molecule has 0 aliphatic carbocycles. The molecule has 1 rings (SSSR count). The molecule has 0 radical (unpaired) electrons. The number of Topliss-reactive ketones (excluding diaryl/α,β-unsaturated/α-hetero) is 1. The van der Waals surface area contributed by atoms with E-state index in [1.165, 1.54) is 7.11 Å². The van der Waals surface area contributed by atoms with Gasteiger partial charge in [-0.25, -0.2) is 0 Å². The summed E-state index contributed by atoms with van der Waals surface area (Å²) < 4.78 is 10.1. The Balaban J connectivity index is 2.51. The van der Waals surface area contributed by atoms with Gasteiger partial charge in [0.1, 0.15) is 18.5 Å². The topological polar surface area (TPSA) is 113 Å². The third-order valence-electron chi connectivity index (χ3n) is 3.32. The van der Waals surface area contributed by atoms with Gasteiger partial charge in [-0.05, 0) is 18.1 Å². The van der Waals surface area contributed by atoms with Gasteiger partial charge in [-0.15, -0.1) is 0 Å². The van der Waals surface area contributed by atoms with Crippen LogP contribution in [0.2, 0.25) is 0 Å². The van der Waals surface area contributed by atoms with Gasteiger partial charge in [0.05, 0.1) is 19.8 Å². The molecule has 0 saturated carbocycles. The van der Waals surface area contributed by atoms with E-state index in [2.05, 4.69) is 4.74 Å². The highest BCUT2D eigenvalue weighted by atomic mass is 16.5. The second-order valence-electron chi connectivity index (χ2n) is 4.96. The number of esters is 1. The minimum atomic E-state index is -1.63. The molecule has 7 nitrogen and oxygen atoms in total. The maximum absolute atomic E-state index is 11.2. The monoisotopic (exact) mass is 326 g/mol. The molecule has 0 aliphatic heterocycles. The summed E-state index contributed by atoms with van der Waals surface area (Å²) in [7, 11) is 1.32. The van der Waals surface area contributed by atoms with Crippen LogP contribution in [0, 0.1) is 0 Å². The van der Waals surface area contributed by atoms with Crippen molar-refractivity contribution in [2.24, 2.45) is 0 Å². The lowest BCUT2D eigenvalue weighted by atomic mass is 10.1. The number of aryl methyl sites for hydroxylation is 1. The average Bonchev–Trinajstić information content (AvgIpc) is 2.58. The van der Waals surface area contributed by atoms with Crippen LogP contribution < -0.4 is 4.74 Å². The number of rotatable bonds is 10. The van der Waals surface area contributed by atoms with Crippen LogP contribution in [0.4, 0.5) is 0 Å². The molecular formula is C16H22O7. The average molecular weight is 326 g/mol. The number of aliphatic hydroxyl groups is 3. The zero-order valence-corrected chi connectivity index (χ0v) is 13.0. The van der Waals surface area contributed by atoms with Gasteiger partial charge >= 0.3 is 5.97 Å². The van der Waals surface area contributed by atoms with Crippen molar-refractivity contribution in [3.8, 4) is 5.75 Å². The van der Waals surface area contributed by atoms with Crippen LogP contribution in [0.15, 0.2) is 24.3 Å². The molecule has 0 saturated heterocycles. The third kappa shape index (κ3) is 6.35. The van der Waals surface area contributed by atoms with E-state index < -0.39 is 24.6 Å². The van der Waals surface area contributed by atoms with Gasteiger partial charge < -0.3 is 24.8 Å². The predicted molar refractivity (Wildman–Crippen MR) is 81.0 cm³/mol. The number of benzene rings is 1. The lowest BCUT2D eigenvalue weighted by molar-refractivity contribution is -0.140. The minimum Gasteiger partial charge on any atom is -0.493 e. The fraction of sp³-hybridized carbons (Fsp3) is 0.500. The van der Waals surface area contributed by atoms with Gasteiger partial charge in [0.15, 0.2) is 5.78 Å². The maximum atomic E-state index is 11.2. The summed E-state index contributed by atoms with van der Waals surface area (Å²) in [5.41, 5.74) is 0.819. The van der Waals surface area contributed by atoms with E-state index in [1.54, 1.807) is 12.1 Å². The van der Waals surface area contributed by atoms with E-state index in [9.17, 15) is 19.8 Å². The molecule has 1 aromatic rings. The molecule has 0 aliphatic rings. The standard InChI is InChI=1S/C16H22O7/c1-22-15(20)7-6-11-4-2-3-5-14(11)23-9-8-12(18)16(21)13(19)10-17/h2-5,12,16-18,21H,6-10H2,1H3/t12-,16+/m0/s1. The first-order valence-electron chi connectivity index (χ1n) is 7.26. The van der Waals surface area contributed by atoms with E-state index in [0.29, 0.717) is 12.2 Å². The number of carbonyl (C=O) groups excluding carboxylic acids is 2.